The normalized spacial score (nSPS) is 12.0. The Bertz CT molecular complexity index is 1280. The minimum atomic E-state index is -0.232. The molecule has 1 unspecified atom stereocenters. The minimum absolute atomic E-state index is 0.0858. The molecule has 1 heterocycles. The highest BCUT2D eigenvalue weighted by atomic mass is 16.5. The molecule has 0 fully saturated rings. The average molecular weight is 442 g/mol. The van der Waals surface area contributed by atoms with E-state index in [2.05, 4.69) is 41.9 Å². The summed E-state index contributed by atoms with van der Waals surface area (Å²) in [5.74, 6) is 1.69. The van der Waals surface area contributed by atoms with Crippen molar-refractivity contribution in [2.75, 3.05) is 6.61 Å². The van der Waals surface area contributed by atoms with Gasteiger partial charge in [0.2, 0.25) is 0 Å². The summed E-state index contributed by atoms with van der Waals surface area (Å²) in [6.07, 6.45) is 0.832. The summed E-state index contributed by atoms with van der Waals surface area (Å²) in [4.78, 5) is 17.7. The third-order valence-electron chi connectivity index (χ3n) is 5.92. The van der Waals surface area contributed by atoms with Gasteiger partial charge in [-0.3, -0.25) is 4.79 Å². The monoisotopic (exact) mass is 441 g/mol. The Kier molecular flexibility index (Phi) is 6.78. The number of fused-ring (bicyclic) bond motifs is 1. The smallest absolute Gasteiger partial charge is 0.252 e. The maximum Gasteiger partial charge on any atom is 0.252 e. The molecule has 0 aliphatic carbocycles. The van der Waals surface area contributed by atoms with E-state index in [-0.39, 0.29) is 11.9 Å². The molecular weight excluding hydrogens is 410 g/mol. The van der Waals surface area contributed by atoms with Gasteiger partial charge in [0.1, 0.15) is 11.6 Å². The van der Waals surface area contributed by atoms with E-state index in [1.54, 1.807) is 0 Å². The number of nitrogens with one attached hydrogen (secondary N) is 1. The zero-order valence-electron chi connectivity index (χ0n) is 19.8. The second-order valence-corrected chi connectivity index (χ2v) is 8.59. The van der Waals surface area contributed by atoms with E-state index in [1.807, 2.05) is 62.4 Å². The van der Waals surface area contributed by atoms with Crippen LogP contribution in [0.25, 0.3) is 11.0 Å². The highest BCUT2D eigenvalue weighted by Crippen LogP contribution is 2.23. The Morgan fingerprint density at radius 1 is 1.00 bits per heavy atom. The van der Waals surface area contributed by atoms with E-state index < -0.39 is 0 Å². The molecule has 5 nitrogen and oxygen atoms in total. The molecule has 0 saturated carbocycles. The van der Waals surface area contributed by atoms with Crippen molar-refractivity contribution in [1.82, 2.24) is 14.9 Å². The zero-order valence-corrected chi connectivity index (χ0v) is 19.8. The fourth-order valence-corrected chi connectivity index (χ4v) is 4.19. The van der Waals surface area contributed by atoms with E-state index in [0.717, 1.165) is 46.7 Å². The Morgan fingerprint density at radius 2 is 1.76 bits per heavy atom. The number of para-hydroxylation sites is 2. The van der Waals surface area contributed by atoms with E-state index in [4.69, 9.17) is 9.72 Å². The van der Waals surface area contributed by atoms with E-state index >= 15 is 0 Å². The van der Waals surface area contributed by atoms with Gasteiger partial charge in [0.05, 0.1) is 23.7 Å². The van der Waals surface area contributed by atoms with Crippen LogP contribution >= 0.6 is 0 Å². The SMILES string of the molecule is Cc1ccc(OCCCn2c(C(C)NC(=O)c3ccccc3C)nc3ccccc32)c(C)c1. The predicted molar refractivity (Wildman–Crippen MR) is 133 cm³/mol. The summed E-state index contributed by atoms with van der Waals surface area (Å²) in [6, 6.07) is 21.7. The van der Waals surface area contributed by atoms with Gasteiger partial charge in [-0.25, -0.2) is 4.98 Å². The van der Waals surface area contributed by atoms with Crippen LogP contribution < -0.4 is 10.1 Å². The van der Waals surface area contributed by atoms with Crippen LogP contribution in [-0.2, 0) is 6.54 Å². The summed E-state index contributed by atoms with van der Waals surface area (Å²) < 4.78 is 8.23. The third kappa shape index (κ3) is 5.08. The molecule has 0 radical (unpaired) electrons. The topological polar surface area (TPSA) is 56.1 Å². The van der Waals surface area contributed by atoms with Crippen LogP contribution in [0.15, 0.2) is 66.7 Å². The predicted octanol–water partition coefficient (Wildman–Crippen LogP) is 5.92. The largest absolute Gasteiger partial charge is 0.493 e. The van der Waals surface area contributed by atoms with Gasteiger partial charge in [0, 0.05) is 12.1 Å². The van der Waals surface area contributed by atoms with E-state index in [0.29, 0.717) is 12.2 Å². The number of carbonyl (C=O) groups excluding carboxylic acids is 1. The molecule has 4 aromatic rings. The fourth-order valence-electron chi connectivity index (χ4n) is 4.19. The van der Waals surface area contributed by atoms with E-state index in [1.165, 1.54) is 5.56 Å². The van der Waals surface area contributed by atoms with Gasteiger partial charge in [0.15, 0.2) is 0 Å². The molecule has 0 spiro atoms. The van der Waals surface area contributed by atoms with Crippen LogP contribution in [0.3, 0.4) is 0 Å². The van der Waals surface area contributed by atoms with E-state index in [9.17, 15) is 4.79 Å². The molecule has 1 amide bonds. The van der Waals surface area contributed by atoms with Crippen molar-refractivity contribution in [3.8, 4) is 5.75 Å². The molecule has 1 aromatic heterocycles. The van der Waals surface area contributed by atoms with Crippen molar-refractivity contribution in [3.63, 3.8) is 0 Å². The molecule has 0 saturated heterocycles. The average Bonchev–Trinajstić information content (AvgIpc) is 3.17. The molecule has 0 aliphatic heterocycles. The first-order chi connectivity index (χ1) is 15.9. The van der Waals surface area contributed by atoms with Gasteiger partial charge in [-0.1, -0.05) is 48.0 Å². The number of imidazole rings is 1. The van der Waals surface area contributed by atoms with Crippen LogP contribution in [0.4, 0.5) is 0 Å². The molecule has 0 aliphatic rings. The van der Waals surface area contributed by atoms with Gasteiger partial charge in [-0.15, -0.1) is 0 Å². The van der Waals surface area contributed by atoms with Crippen LogP contribution in [0, 0.1) is 20.8 Å². The van der Waals surface area contributed by atoms with Gasteiger partial charge < -0.3 is 14.6 Å². The Morgan fingerprint density at radius 3 is 2.55 bits per heavy atom. The van der Waals surface area contributed by atoms with Crippen molar-refractivity contribution in [2.24, 2.45) is 0 Å². The summed E-state index contributed by atoms with van der Waals surface area (Å²) in [7, 11) is 0. The van der Waals surface area contributed by atoms with Gasteiger partial charge in [0.25, 0.3) is 5.91 Å². The highest BCUT2D eigenvalue weighted by Gasteiger charge is 2.19. The Labute approximate surface area is 195 Å². The minimum Gasteiger partial charge on any atom is -0.493 e. The first-order valence-electron chi connectivity index (χ1n) is 11.5. The second-order valence-electron chi connectivity index (χ2n) is 8.59. The first kappa shape index (κ1) is 22.6. The molecular formula is C28H31N3O2. The lowest BCUT2D eigenvalue weighted by Gasteiger charge is -2.17. The molecule has 5 heteroatoms. The summed E-state index contributed by atoms with van der Waals surface area (Å²) in [5.41, 5.74) is 6.02. The van der Waals surface area contributed by atoms with Crippen LogP contribution in [0.1, 0.15) is 52.3 Å². The number of aryl methyl sites for hydroxylation is 4. The lowest BCUT2D eigenvalue weighted by Crippen LogP contribution is -2.29. The number of hydrogen-bond acceptors (Lipinski definition) is 3. The summed E-state index contributed by atoms with van der Waals surface area (Å²) in [6.45, 7) is 9.46. The quantitative estimate of drug-likeness (QED) is 0.345. The standard InChI is InChI=1S/C28H31N3O2/c1-19-14-15-26(21(3)18-19)33-17-9-16-31-25-13-8-7-12-24(25)30-27(31)22(4)29-28(32)23-11-6-5-10-20(23)2/h5-8,10-15,18,22H,9,16-17H2,1-4H3,(H,29,32). The maximum atomic E-state index is 12.9. The fraction of sp³-hybridized carbons (Fsp3) is 0.286. The number of nitrogens with zero attached hydrogens (tertiary/aromatic N) is 2. The molecule has 170 valence electrons. The van der Waals surface area contributed by atoms with Crippen molar-refractivity contribution < 1.29 is 9.53 Å². The van der Waals surface area contributed by atoms with Crippen LogP contribution in [0.2, 0.25) is 0 Å². The lowest BCUT2D eigenvalue weighted by molar-refractivity contribution is 0.0937. The summed E-state index contributed by atoms with van der Waals surface area (Å²) >= 11 is 0. The number of carbonyl (C=O) groups is 1. The molecule has 4 rings (SSSR count). The van der Waals surface area contributed by atoms with Crippen LogP contribution in [0.5, 0.6) is 5.75 Å². The molecule has 3 aromatic carbocycles. The lowest BCUT2D eigenvalue weighted by atomic mass is 10.1. The zero-order chi connectivity index (χ0) is 23.4. The maximum absolute atomic E-state index is 12.9. The number of amides is 1. The number of hydrogen-bond donors (Lipinski definition) is 1. The van der Waals surface area contributed by atoms with Gasteiger partial charge in [-0.05, 0) is 69.5 Å². The molecule has 0 bridgehead atoms. The number of aromatic nitrogens is 2. The first-order valence-corrected chi connectivity index (χ1v) is 11.5. The number of benzene rings is 3. The van der Waals surface area contributed by atoms with Crippen molar-refractivity contribution in [1.29, 1.82) is 0 Å². The number of ether oxygens (including phenoxy) is 1. The number of rotatable bonds is 8. The van der Waals surface area contributed by atoms with Crippen molar-refractivity contribution in [3.05, 3.63) is 94.8 Å². The second kappa shape index (κ2) is 9.90. The highest BCUT2D eigenvalue weighted by molar-refractivity contribution is 5.95. The molecule has 1 atom stereocenters. The van der Waals surface area contributed by atoms with Crippen LogP contribution in [-0.4, -0.2) is 22.1 Å². The Hall–Kier alpha value is -3.60. The van der Waals surface area contributed by atoms with Crippen molar-refractivity contribution >= 4 is 16.9 Å². The van der Waals surface area contributed by atoms with Gasteiger partial charge >= 0.3 is 0 Å². The Balaban J connectivity index is 1.49. The van der Waals surface area contributed by atoms with Gasteiger partial charge in [-0.2, -0.15) is 0 Å². The molecule has 1 N–H and O–H groups in total. The molecule has 33 heavy (non-hydrogen) atoms. The third-order valence-corrected chi connectivity index (χ3v) is 5.92. The van der Waals surface area contributed by atoms with Crippen molar-refractivity contribution in [2.45, 2.75) is 46.7 Å². The summed E-state index contributed by atoms with van der Waals surface area (Å²) in [5, 5.41) is 3.13.